The predicted octanol–water partition coefficient (Wildman–Crippen LogP) is 3.13. The van der Waals surface area contributed by atoms with Crippen molar-refractivity contribution in [1.82, 2.24) is 4.90 Å². The second-order valence-corrected chi connectivity index (χ2v) is 4.56. The third kappa shape index (κ3) is 3.96. The summed E-state index contributed by atoms with van der Waals surface area (Å²) < 4.78 is 0. The van der Waals surface area contributed by atoms with Crippen molar-refractivity contribution in [2.45, 2.75) is 19.5 Å². The number of hydrogen-bond donors (Lipinski definition) is 0. The van der Waals surface area contributed by atoms with Crippen molar-refractivity contribution in [3.63, 3.8) is 0 Å². The summed E-state index contributed by atoms with van der Waals surface area (Å²) in [4.78, 5) is 13.8. The maximum atomic E-state index is 12.1. The topological polar surface area (TPSA) is 44.1 Å². The Bertz CT molecular complexity index is 546. The largest absolute Gasteiger partial charge is 0.333 e. The summed E-state index contributed by atoms with van der Waals surface area (Å²) in [7, 11) is 0. The summed E-state index contributed by atoms with van der Waals surface area (Å²) in [6, 6.07) is 21.6. The molecule has 0 atom stereocenters. The van der Waals surface area contributed by atoms with E-state index in [1.165, 1.54) is 0 Å². The molecule has 2 rings (SSSR count). The number of hydrogen-bond acceptors (Lipinski definition) is 2. The molecule has 0 bridgehead atoms. The number of carbonyl (C=O) groups is 1. The third-order valence-corrected chi connectivity index (χ3v) is 3.02. The van der Waals surface area contributed by atoms with Crippen molar-refractivity contribution in [2.24, 2.45) is 0 Å². The quantitative estimate of drug-likeness (QED) is 0.832. The van der Waals surface area contributed by atoms with E-state index in [9.17, 15) is 4.79 Å². The van der Waals surface area contributed by atoms with Crippen molar-refractivity contribution < 1.29 is 4.79 Å². The number of nitrogens with zero attached hydrogens (tertiary/aromatic N) is 2. The first-order valence-electron chi connectivity index (χ1n) is 6.52. The van der Waals surface area contributed by atoms with Crippen LogP contribution in [-0.4, -0.2) is 10.8 Å². The maximum absolute atomic E-state index is 12.1. The SMILES string of the molecule is N#CCC(=O)N(Cc1ccccc1)Cc1ccccc1. The Labute approximate surface area is 119 Å². The zero-order valence-electron chi connectivity index (χ0n) is 11.2. The number of amides is 1. The number of benzene rings is 2. The first kappa shape index (κ1) is 13.8. The smallest absolute Gasteiger partial charge is 0.237 e. The van der Waals surface area contributed by atoms with Crippen LogP contribution < -0.4 is 0 Å². The van der Waals surface area contributed by atoms with Crippen molar-refractivity contribution in [2.75, 3.05) is 0 Å². The highest BCUT2D eigenvalue weighted by Crippen LogP contribution is 2.11. The summed E-state index contributed by atoms with van der Waals surface area (Å²) in [6.45, 7) is 1.05. The van der Waals surface area contributed by atoms with E-state index in [0.29, 0.717) is 13.1 Å². The lowest BCUT2D eigenvalue weighted by atomic mass is 10.1. The molecule has 0 unspecified atom stereocenters. The lowest BCUT2D eigenvalue weighted by Crippen LogP contribution is -2.29. The molecule has 0 aromatic heterocycles. The van der Waals surface area contributed by atoms with Crippen LogP contribution in [0.4, 0.5) is 0 Å². The molecule has 2 aromatic carbocycles. The summed E-state index contributed by atoms with van der Waals surface area (Å²) in [5, 5.41) is 8.72. The lowest BCUT2D eigenvalue weighted by Gasteiger charge is -2.22. The van der Waals surface area contributed by atoms with Crippen LogP contribution in [0.15, 0.2) is 60.7 Å². The summed E-state index contributed by atoms with van der Waals surface area (Å²) in [5.74, 6) is -0.139. The lowest BCUT2D eigenvalue weighted by molar-refractivity contribution is -0.131. The fourth-order valence-corrected chi connectivity index (χ4v) is 2.02. The molecule has 0 aliphatic heterocycles. The van der Waals surface area contributed by atoms with Gasteiger partial charge >= 0.3 is 0 Å². The Kier molecular flexibility index (Phi) is 4.91. The second-order valence-electron chi connectivity index (χ2n) is 4.56. The van der Waals surface area contributed by atoms with Crippen molar-refractivity contribution in [3.05, 3.63) is 71.8 Å². The Morgan fingerprint density at radius 3 is 1.75 bits per heavy atom. The standard InChI is InChI=1S/C17H16N2O/c18-12-11-17(20)19(13-15-7-3-1-4-8-15)14-16-9-5-2-6-10-16/h1-10H,11,13-14H2. The van der Waals surface area contributed by atoms with Crippen LogP contribution in [0, 0.1) is 11.3 Å². The first-order valence-corrected chi connectivity index (χ1v) is 6.52. The minimum Gasteiger partial charge on any atom is -0.333 e. The molecule has 3 nitrogen and oxygen atoms in total. The average molecular weight is 264 g/mol. The molecule has 0 saturated heterocycles. The van der Waals surface area contributed by atoms with Gasteiger partial charge in [0.2, 0.25) is 5.91 Å². The summed E-state index contributed by atoms with van der Waals surface area (Å²) in [5.41, 5.74) is 2.13. The van der Waals surface area contributed by atoms with Gasteiger partial charge in [0.1, 0.15) is 6.42 Å². The molecule has 0 N–H and O–H groups in total. The van der Waals surface area contributed by atoms with Gasteiger partial charge in [-0.25, -0.2) is 0 Å². The average Bonchev–Trinajstić information content (AvgIpc) is 2.49. The first-order chi connectivity index (χ1) is 9.79. The molecular weight excluding hydrogens is 248 g/mol. The van der Waals surface area contributed by atoms with E-state index in [4.69, 9.17) is 5.26 Å². The van der Waals surface area contributed by atoms with Gasteiger partial charge in [0.25, 0.3) is 0 Å². The molecule has 100 valence electrons. The molecular formula is C17H16N2O. The van der Waals surface area contributed by atoms with E-state index in [1.54, 1.807) is 4.90 Å². The maximum Gasteiger partial charge on any atom is 0.237 e. The van der Waals surface area contributed by atoms with Crippen LogP contribution in [0.1, 0.15) is 17.5 Å². The van der Waals surface area contributed by atoms with Crippen molar-refractivity contribution in [1.29, 1.82) is 5.26 Å². The molecule has 1 amide bonds. The fraction of sp³-hybridized carbons (Fsp3) is 0.176. The van der Waals surface area contributed by atoms with E-state index in [2.05, 4.69) is 0 Å². The van der Waals surface area contributed by atoms with Crippen LogP contribution in [0.5, 0.6) is 0 Å². The van der Waals surface area contributed by atoms with Crippen LogP contribution >= 0.6 is 0 Å². The van der Waals surface area contributed by atoms with E-state index >= 15 is 0 Å². The normalized spacial score (nSPS) is 9.75. The predicted molar refractivity (Wildman–Crippen MR) is 77.4 cm³/mol. The van der Waals surface area contributed by atoms with Gasteiger partial charge in [0.15, 0.2) is 0 Å². The van der Waals surface area contributed by atoms with Crippen LogP contribution in [0.25, 0.3) is 0 Å². The molecule has 0 spiro atoms. The Hall–Kier alpha value is -2.60. The molecule has 2 aromatic rings. The van der Waals surface area contributed by atoms with Gasteiger partial charge in [-0.1, -0.05) is 60.7 Å². The van der Waals surface area contributed by atoms with Gasteiger partial charge in [-0.3, -0.25) is 4.79 Å². The molecule has 0 radical (unpaired) electrons. The van der Waals surface area contributed by atoms with Crippen LogP contribution in [0.2, 0.25) is 0 Å². The number of nitriles is 1. The van der Waals surface area contributed by atoms with Crippen molar-refractivity contribution in [3.8, 4) is 6.07 Å². The molecule has 0 heterocycles. The molecule has 0 aliphatic rings. The second kappa shape index (κ2) is 7.10. The Morgan fingerprint density at radius 1 is 0.900 bits per heavy atom. The molecule has 0 saturated carbocycles. The van der Waals surface area contributed by atoms with Crippen LogP contribution in [-0.2, 0) is 17.9 Å². The number of carbonyl (C=O) groups excluding carboxylic acids is 1. The monoisotopic (exact) mass is 264 g/mol. The highest BCUT2D eigenvalue weighted by Gasteiger charge is 2.13. The molecule has 0 aliphatic carbocycles. The molecule has 3 heteroatoms. The number of rotatable bonds is 5. The zero-order valence-corrected chi connectivity index (χ0v) is 11.2. The van der Waals surface area contributed by atoms with Crippen LogP contribution in [0.3, 0.4) is 0 Å². The highest BCUT2D eigenvalue weighted by molar-refractivity contribution is 5.78. The van der Waals surface area contributed by atoms with Gasteiger partial charge in [-0.05, 0) is 11.1 Å². The minimum absolute atomic E-state index is 0.0837. The summed E-state index contributed by atoms with van der Waals surface area (Å²) in [6.07, 6.45) is -0.0837. The minimum atomic E-state index is -0.139. The van der Waals surface area contributed by atoms with Gasteiger partial charge in [-0.2, -0.15) is 5.26 Å². The van der Waals surface area contributed by atoms with Gasteiger partial charge in [0, 0.05) is 13.1 Å². The van der Waals surface area contributed by atoms with Crippen molar-refractivity contribution >= 4 is 5.91 Å². The highest BCUT2D eigenvalue weighted by atomic mass is 16.2. The van der Waals surface area contributed by atoms with E-state index < -0.39 is 0 Å². The van der Waals surface area contributed by atoms with E-state index in [0.717, 1.165) is 11.1 Å². The molecule has 20 heavy (non-hydrogen) atoms. The summed E-state index contributed by atoms with van der Waals surface area (Å²) >= 11 is 0. The van der Waals surface area contributed by atoms with E-state index in [-0.39, 0.29) is 12.3 Å². The van der Waals surface area contributed by atoms with Gasteiger partial charge in [-0.15, -0.1) is 0 Å². The zero-order chi connectivity index (χ0) is 14.2. The molecule has 0 fully saturated rings. The fourth-order valence-electron chi connectivity index (χ4n) is 2.02. The van der Waals surface area contributed by atoms with Gasteiger partial charge in [0.05, 0.1) is 6.07 Å². The van der Waals surface area contributed by atoms with Gasteiger partial charge < -0.3 is 4.90 Å². The Balaban J connectivity index is 2.13. The Morgan fingerprint density at radius 2 is 1.35 bits per heavy atom. The third-order valence-electron chi connectivity index (χ3n) is 3.02. The van der Waals surface area contributed by atoms with E-state index in [1.807, 2.05) is 66.7 Å².